The lowest BCUT2D eigenvalue weighted by Gasteiger charge is -2.37. The summed E-state index contributed by atoms with van der Waals surface area (Å²) < 4.78 is 17.0. The normalized spacial score (nSPS) is 20.4. The molecule has 1 aliphatic heterocycles. The minimum absolute atomic E-state index is 0.00952. The zero-order valence-electron chi connectivity index (χ0n) is 21.3. The van der Waals surface area contributed by atoms with Gasteiger partial charge in [0.1, 0.15) is 0 Å². The van der Waals surface area contributed by atoms with Crippen molar-refractivity contribution in [1.82, 2.24) is 5.32 Å². The number of para-hydroxylation sites is 1. The summed E-state index contributed by atoms with van der Waals surface area (Å²) in [6, 6.07) is 13.1. The molecule has 0 saturated heterocycles. The van der Waals surface area contributed by atoms with Crippen LogP contribution in [0.3, 0.4) is 0 Å². The van der Waals surface area contributed by atoms with Gasteiger partial charge in [-0.25, -0.2) is 4.79 Å². The highest BCUT2D eigenvalue weighted by atomic mass is 35.5. The van der Waals surface area contributed by atoms with Crippen LogP contribution < -0.4 is 14.8 Å². The predicted molar refractivity (Wildman–Crippen MR) is 139 cm³/mol. The van der Waals surface area contributed by atoms with Gasteiger partial charge in [0.2, 0.25) is 0 Å². The van der Waals surface area contributed by atoms with E-state index in [1.54, 1.807) is 20.3 Å². The zero-order valence-corrected chi connectivity index (χ0v) is 22.1. The van der Waals surface area contributed by atoms with E-state index in [1.807, 2.05) is 57.2 Å². The highest BCUT2D eigenvalue weighted by Crippen LogP contribution is 2.49. The fraction of sp³-hybridized carbons (Fsp3) is 0.379. The molecule has 0 aromatic heterocycles. The third-order valence-corrected chi connectivity index (χ3v) is 7.27. The van der Waals surface area contributed by atoms with Crippen LogP contribution >= 0.6 is 11.6 Å². The molecule has 4 rings (SSSR count). The SMILES string of the molecule is CC[C@@H](C)OC(=O)C1=C(C)NC2=C(C(=O)C[C@@H](c3ccc(Cl)cc3)C2)[C@H]1c1cccc(OC)c1OC. The summed E-state index contributed by atoms with van der Waals surface area (Å²) in [7, 11) is 3.13. The number of hydrogen-bond donors (Lipinski definition) is 1. The molecule has 1 aliphatic carbocycles. The highest BCUT2D eigenvalue weighted by molar-refractivity contribution is 6.30. The third kappa shape index (κ3) is 4.87. The molecular formula is C29H32ClNO5. The second-order valence-electron chi connectivity index (χ2n) is 9.28. The van der Waals surface area contributed by atoms with Gasteiger partial charge in [-0.3, -0.25) is 4.79 Å². The molecule has 6 nitrogen and oxygen atoms in total. The first-order chi connectivity index (χ1) is 17.3. The number of dihydropyridines is 1. The summed E-state index contributed by atoms with van der Waals surface area (Å²) >= 11 is 6.08. The fourth-order valence-electron chi connectivity index (χ4n) is 5.06. The Morgan fingerprint density at radius 3 is 2.47 bits per heavy atom. The Bertz CT molecular complexity index is 1230. The van der Waals surface area contributed by atoms with Gasteiger partial charge in [0.15, 0.2) is 17.3 Å². The smallest absolute Gasteiger partial charge is 0.337 e. The Kier molecular flexibility index (Phi) is 7.74. The number of ether oxygens (including phenoxy) is 3. The summed E-state index contributed by atoms with van der Waals surface area (Å²) in [5, 5.41) is 4.04. The molecule has 0 unspecified atom stereocenters. The molecule has 0 spiro atoms. The maximum Gasteiger partial charge on any atom is 0.337 e. The molecule has 2 aromatic carbocycles. The quantitative estimate of drug-likeness (QED) is 0.457. The molecular weight excluding hydrogens is 478 g/mol. The number of halogens is 1. The topological polar surface area (TPSA) is 73.9 Å². The molecule has 0 radical (unpaired) electrons. The van der Waals surface area contributed by atoms with Gasteiger partial charge in [-0.1, -0.05) is 42.8 Å². The number of nitrogens with one attached hydrogen (secondary N) is 1. The molecule has 3 atom stereocenters. The summed E-state index contributed by atoms with van der Waals surface area (Å²) in [5.74, 6) is -0.0570. The molecule has 0 saturated carbocycles. The molecule has 2 aliphatic rings. The second kappa shape index (κ2) is 10.8. The standard InChI is InChI=1S/C29H32ClNO5/c1-6-16(2)36-29(33)25-17(3)31-22-14-19(18-10-12-20(30)13-11-18)15-23(32)27(22)26(25)21-8-7-9-24(34-4)28(21)35-5/h7-13,16,19,26,31H,6,14-15H2,1-5H3/t16-,19+,26+/m1/s1. The Balaban J connectivity index is 1.85. The van der Waals surface area contributed by atoms with Crippen molar-refractivity contribution in [2.75, 3.05) is 14.2 Å². The van der Waals surface area contributed by atoms with Gasteiger partial charge in [0.25, 0.3) is 0 Å². The molecule has 190 valence electrons. The van der Waals surface area contributed by atoms with Crippen LogP contribution in [0.4, 0.5) is 0 Å². The Morgan fingerprint density at radius 1 is 1.11 bits per heavy atom. The number of ketones is 1. The number of benzene rings is 2. The summed E-state index contributed by atoms with van der Waals surface area (Å²) in [6.45, 7) is 5.68. The summed E-state index contributed by atoms with van der Waals surface area (Å²) in [6.07, 6.45) is 1.40. The van der Waals surface area contributed by atoms with Gasteiger partial charge >= 0.3 is 5.97 Å². The molecule has 2 aromatic rings. The summed E-state index contributed by atoms with van der Waals surface area (Å²) in [4.78, 5) is 27.3. The van der Waals surface area contributed by atoms with Crippen LogP contribution in [0.25, 0.3) is 0 Å². The van der Waals surface area contributed by atoms with Crippen molar-refractivity contribution in [3.63, 3.8) is 0 Å². The van der Waals surface area contributed by atoms with Crippen LogP contribution in [-0.4, -0.2) is 32.1 Å². The monoisotopic (exact) mass is 509 g/mol. The molecule has 1 heterocycles. The van der Waals surface area contributed by atoms with E-state index in [-0.39, 0.29) is 17.8 Å². The van der Waals surface area contributed by atoms with Gasteiger partial charge in [-0.05, 0) is 56.4 Å². The second-order valence-corrected chi connectivity index (χ2v) is 9.71. The van der Waals surface area contributed by atoms with E-state index in [0.717, 1.165) is 11.3 Å². The molecule has 1 N–H and O–H groups in total. The minimum Gasteiger partial charge on any atom is -0.493 e. The van der Waals surface area contributed by atoms with E-state index in [4.69, 9.17) is 25.8 Å². The van der Waals surface area contributed by atoms with Crippen molar-refractivity contribution >= 4 is 23.4 Å². The van der Waals surface area contributed by atoms with Gasteiger partial charge in [-0.15, -0.1) is 0 Å². The number of rotatable bonds is 7. The third-order valence-electron chi connectivity index (χ3n) is 7.02. The first-order valence-electron chi connectivity index (χ1n) is 12.2. The van der Waals surface area contributed by atoms with Crippen LogP contribution in [0, 0.1) is 0 Å². The summed E-state index contributed by atoms with van der Waals surface area (Å²) in [5.41, 5.74) is 4.23. The van der Waals surface area contributed by atoms with E-state index in [9.17, 15) is 9.59 Å². The molecule has 0 amide bonds. The van der Waals surface area contributed by atoms with Crippen LogP contribution in [-0.2, 0) is 14.3 Å². The van der Waals surface area contributed by atoms with E-state index in [1.165, 1.54) is 0 Å². The average Bonchev–Trinajstić information content (AvgIpc) is 2.87. The van der Waals surface area contributed by atoms with Crippen molar-refractivity contribution in [2.45, 2.75) is 58.0 Å². The number of Topliss-reactive ketones (excluding diaryl/α,β-unsaturated/α-hetero) is 1. The van der Waals surface area contributed by atoms with E-state index in [2.05, 4.69) is 5.32 Å². The Hall–Kier alpha value is -3.25. The van der Waals surface area contributed by atoms with Gasteiger partial charge in [0, 0.05) is 34.0 Å². The minimum atomic E-state index is -0.637. The number of carbonyl (C=O) groups excluding carboxylic acids is 2. The van der Waals surface area contributed by atoms with E-state index in [0.29, 0.717) is 58.2 Å². The van der Waals surface area contributed by atoms with Gasteiger partial charge in [0.05, 0.1) is 31.8 Å². The fourth-order valence-corrected chi connectivity index (χ4v) is 5.19. The van der Waals surface area contributed by atoms with Crippen LogP contribution in [0.15, 0.2) is 65.0 Å². The average molecular weight is 510 g/mol. The lowest BCUT2D eigenvalue weighted by atomic mass is 9.71. The molecule has 36 heavy (non-hydrogen) atoms. The van der Waals surface area contributed by atoms with Crippen molar-refractivity contribution in [1.29, 1.82) is 0 Å². The highest BCUT2D eigenvalue weighted by Gasteiger charge is 2.43. The number of methoxy groups -OCH3 is 2. The maximum atomic E-state index is 13.8. The lowest BCUT2D eigenvalue weighted by molar-refractivity contribution is -0.144. The number of carbonyl (C=O) groups is 2. The van der Waals surface area contributed by atoms with Crippen LogP contribution in [0.1, 0.15) is 63.0 Å². The van der Waals surface area contributed by atoms with Crippen molar-refractivity contribution < 1.29 is 23.8 Å². The van der Waals surface area contributed by atoms with Crippen LogP contribution in [0.2, 0.25) is 5.02 Å². The Morgan fingerprint density at radius 2 is 1.83 bits per heavy atom. The maximum absolute atomic E-state index is 13.8. The number of esters is 1. The largest absolute Gasteiger partial charge is 0.493 e. The zero-order chi connectivity index (χ0) is 26.0. The number of allylic oxidation sites excluding steroid dienone is 3. The van der Waals surface area contributed by atoms with E-state index >= 15 is 0 Å². The molecule has 7 heteroatoms. The lowest BCUT2D eigenvalue weighted by Crippen LogP contribution is -2.36. The van der Waals surface area contributed by atoms with Gasteiger partial charge < -0.3 is 19.5 Å². The van der Waals surface area contributed by atoms with Gasteiger partial charge in [-0.2, -0.15) is 0 Å². The molecule has 0 bridgehead atoms. The first kappa shape index (κ1) is 25.8. The Labute approximate surface area is 217 Å². The first-order valence-corrected chi connectivity index (χ1v) is 12.6. The van der Waals surface area contributed by atoms with Crippen molar-refractivity contribution in [2.24, 2.45) is 0 Å². The van der Waals surface area contributed by atoms with Crippen molar-refractivity contribution in [3.05, 3.63) is 81.2 Å². The van der Waals surface area contributed by atoms with Crippen molar-refractivity contribution in [3.8, 4) is 11.5 Å². The predicted octanol–water partition coefficient (Wildman–Crippen LogP) is 6.06. The number of hydrogen-bond acceptors (Lipinski definition) is 6. The molecule has 0 fully saturated rings. The van der Waals surface area contributed by atoms with E-state index < -0.39 is 11.9 Å². The van der Waals surface area contributed by atoms with Crippen LogP contribution in [0.5, 0.6) is 11.5 Å².